The SMILES string of the molecule is CC(=O)N[C@@H](CS)C(=O)NCC(=O)N[C@@H](C)C(=O)N[C@@H](CCCCN)C(=O)N[C@@H](CCCN=C(N)N)C(=O)N[C@@H](Cn1cc(P(=O)(O)O)nn1)C(=O)N[C@@H](CCCN=C(N)N)C(=O)N[C@@H](CCCCN)C(=O)N[C@H](C(=O)N[C@@H](CC(C)C)C(=O)N[C@@H](CCCN=C(N)N)C(N)=O)C(C)C. The number of nitrogens with zero attached hydrogens (tertiary/aromatic N) is 6. The molecule has 99 heavy (non-hydrogen) atoms. The van der Waals surface area contributed by atoms with E-state index in [-0.39, 0.29) is 133 Å². The molecule has 10 atom stereocenters. The summed E-state index contributed by atoms with van der Waals surface area (Å²) in [5.41, 5.74) is 49.4. The van der Waals surface area contributed by atoms with Gasteiger partial charge in [0, 0.05) is 32.3 Å². The quantitative estimate of drug-likeness (QED) is 0.00947. The second kappa shape index (κ2) is 46.3. The predicted molar refractivity (Wildman–Crippen MR) is 368 cm³/mol. The maximum Gasteiger partial charge on any atom is 0.377 e. The fourth-order valence-corrected chi connectivity index (χ4v) is 9.95. The molecule has 1 rings (SSSR count). The fraction of sp³-hybridized carbons (Fsp3) is 0.696. The van der Waals surface area contributed by atoms with Gasteiger partial charge in [-0.1, -0.05) is 32.9 Å². The highest BCUT2D eigenvalue weighted by atomic mass is 32.1. The lowest BCUT2D eigenvalue weighted by Gasteiger charge is -2.29. The van der Waals surface area contributed by atoms with Crippen molar-refractivity contribution in [1.29, 1.82) is 0 Å². The summed E-state index contributed by atoms with van der Waals surface area (Å²) in [6.45, 7) is 8.17. The first-order valence-corrected chi connectivity index (χ1v) is 34.4. The third-order valence-electron chi connectivity index (χ3n) is 14.4. The maximum atomic E-state index is 14.8. The number of nitrogens with two attached hydrogens (primary N) is 9. The van der Waals surface area contributed by atoms with Crippen molar-refractivity contribution in [3.63, 3.8) is 0 Å². The molecule has 1 aromatic heterocycles. The molecule has 0 aromatic carbocycles. The highest BCUT2D eigenvalue weighted by molar-refractivity contribution is 7.80. The van der Waals surface area contributed by atoms with Crippen LogP contribution in [0.15, 0.2) is 21.2 Å². The molecule has 12 amide bonds. The predicted octanol–water partition coefficient (Wildman–Crippen LogP) is -9.38. The van der Waals surface area contributed by atoms with Gasteiger partial charge in [0.15, 0.2) is 23.3 Å². The fourth-order valence-electron chi connectivity index (χ4n) is 9.25. The van der Waals surface area contributed by atoms with Crippen LogP contribution in [0.25, 0.3) is 0 Å². The molecule has 0 radical (unpaired) electrons. The number of nitrogens with one attached hydrogen (secondary N) is 11. The van der Waals surface area contributed by atoms with Crippen molar-refractivity contribution in [2.24, 2.45) is 78.4 Å². The third kappa shape index (κ3) is 36.4. The third-order valence-corrected chi connectivity index (χ3v) is 15.6. The Morgan fingerprint density at radius 3 is 1.29 bits per heavy atom. The normalized spacial score (nSPS) is 14.2. The zero-order chi connectivity index (χ0) is 75.1. The largest absolute Gasteiger partial charge is 0.377 e. The van der Waals surface area contributed by atoms with Gasteiger partial charge in [0.25, 0.3) is 0 Å². The smallest absolute Gasteiger partial charge is 0.370 e. The molecule has 0 spiro atoms. The number of aliphatic imine (C=N–C) groups is 3. The van der Waals surface area contributed by atoms with Crippen LogP contribution in [0.5, 0.6) is 0 Å². The molecule has 31 N–H and O–H groups in total. The van der Waals surface area contributed by atoms with E-state index in [0.29, 0.717) is 12.8 Å². The summed E-state index contributed by atoms with van der Waals surface area (Å²) in [5.74, 6) is -12.2. The molecule has 0 fully saturated rings. The number of aromatic nitrogens is 3. The first-order valence-electron chi connectivity index (χ1n) is 32.1. The minimum absolute atomic E-state index is 0.00905. The van der Waals surface area contributed by atoms with Crippen LogP contribution in [0.1, 0.15) is 125 Å². The molecule has 1 aromatic rings. The minimum atomic E-state index is -5.07. The number of carbonyl (C=O) groups excluding carboxylic acids is 12. The Morgan fingerprint density at radius 2 is 0.899 bits per heavy atom. The van der Waals surface area contributed by atoms with Crippen molar-refractivity contribution < 1.29 is 71.9 Å². The van der Waals surface area contributed by atoms with Gasteiger partial charge in [0.1, 0.15) is 60.4 Å². The second-order valence-electron chi connectivity index (χ2n) is 23.9. The summed E-state index contributed by atoms with van der Waals surface area (Å²) in [6, 6.07) is -14.1. The van der Waals surface area contributed by atoms with Crippen molar-refractivity contribution >= 4 is 114 Å². The van der Waals surface area contributed by atoms with Gasteiger partial charge >= 0.3 is 7.60 Å². The maximum absolute atomic E-state index is 14.8. The number of guanidine groups is 3. The van der Waals surface area contributed by atoms with Gasteiger partial charge in [-0.05, 0) is 115 Å². The molecule has 41 nitrogen and oxygen atoms in total. The zero-order valence-corrected chi connectivity index (χ0v) is 58.6. The van der Waals surface area contributed by atoms with Crippen LogP contribution in [0, 0.1) is 11.8 Å². The molecule has 0 bridgehead atoms. The van der Waals surface area contributed by atoms with Crippen LogP contribution in [-0.4, -0.2) is 219 Å². The lowest BCUT2D eigenvalue weighted by molar-refractivity contribution is -0.136. The van der Waals surface area contributed by atoms with Crippen molar-refractivity contribution in [2.45, 2.75) is 192 Å². The number of thiol groups is 1. The van der Waals surface area contributed by atoms with E-state index in [0.717, 1.165) is 10.9 Å². The Hall–Kier alpha value is -8.99. The van der Waals surface area contributed by atoms with Gasteiger partial charge in [-0.15, -0.1) is 5.10 Å². The minimum Gasteiger partial charge on any atom is -0.370 e. The van der Waals surface area contributed by atoms with E-state index in [1.165, 1.54) is 13.8 Å². The molecule has 0 aliphatic carbocycles. The summed E-state index contributed by atoms with van der Waals surface area (Å²) in [4.78, 5) is 196. The Morgan fingerprint density at radius 1 is 0.505 bits per heavy atom. The topological polar surface area (TPSA) is 697 Å². The Balaban J connectivity index is 3.86. The molecule has 0 aliphatic rings. The Labute approximate surface area is 579 Å². The first kappa shape index (κ1) is 88.0. The van der Waals surface area contributed by atoms with E-state index in [1.807, 2.05) is 0 Å². The number of primary amides is 1. The number of rotatable bonds is 49. The van der Waals surface area contributed by atoms with Crippen LogP contribution in [0.3, 0.4) is 0 Å². The standard InChI is InChI=1S/C56H105N26O15PS/c1-29(2)24-38(51(92)72-33(44(59)85)16-11-21-66-54(60)61)77-53(94)43(30(3)4)79-50(91)35(15-8-10-20-58)74-48(89)36(17-12-22-67-55(62)63)76-52(93)39(26-82-27-42(80-81-82)98(95,96)97)78-49(90)37(18-13-23-68-56(64)65)75-47(88)34(14-7-9-19-57)73-45(86)31(5)70-41(84)25-69-46(87)40(28-99)71-32(6)83/h27,29-31,33-40,43,99H,7-26,28,57-58H2,1-6H3,(H2,59,85)(H,69,87)(H,70,84)(H,71,83)(H,72,92)(H,73,86)(H,74,89)(H,75,88)(H,76,93)(H,77,94)(H,78,90)(H,79,91)(H4,60,61,66)(H4,62,63,67)(H4,64,65,68)(H2,95,96,97)/t31-,33-,34-,35-,36-,37-,38-,39-,40-,43-/m0/s1. The van der Waals surface area contributed by atoms with Crippen molar-refractivity contribution in [1.82, 2.24) is 73.5 Å². The van der Waals surface area contributed by atoms with Crippen LogP contribution in [-0.2, 0) is 68.6 Å². The molecular formula is C56H105N26O15PS. The lowest BCUT2D eigenvalue weighted by Crippen LogP contribution is -2.61. The molecule has 0 saturated heterocycles. The van der Waals surface area contributed by atoms with Crippen LogP contribution in [0.2, 0.25) is 0 Å². The average Bonchev–Trinajstić information content (AvgIpc) is 1.82. The van der Waals surface area contributed by atoms with Crippen LogP contribution in [0.4, 0.5) is 0 Å². The summed E-state index contributed by atoms with van der Waals surface area (Å²) in [5, 5.41) is 35.1. The number of amides is 12. The van der Waals surface area contributed by atoms with E-state index in [1.54, 1.807) is 27.7 Å². The average molecular weight is 1450 g/mol. The Bertz CT molecular complexity index is 2980. The van der Waals surface area contributed by atoms with Crippen molar-refractivity contribution in [2.75, 3.05) is 45.0 Å². The number of carbonyl (C=O) groups is 12. The summed E-state index contributed by atoms with van der Waals surface area (Å²) >= 11 is 4.04. The van der Waals surface area contributed by atoms with Crippen LogP contribution < -0.4 is 116 Å². The van der Waals surface area contributed by atoms with Crippen molar-refractivity contribution in [3.05, 3.63) is 6.20 Å². The summed E-state index contributed by atoms with van der Waals surface area (Å²) < 4.78 is 13.1. The summed E-state index contributed by atoms with van der Waals surface area (Å²) in [6.07, 6.45) is 1.71. The van der Waals surface area contributed by atoms with Gasteiger partial charge in [0.2, 0.25) is 70.9 Å². The molecule has 0 saturated carbocycles. The molecule has 43 heteroatoms. The number of hydrogen-bond donors (Lipinski definition) is 23. The molecule has 0 aliphatic heterocycles. The van der Waals surface area contributed by atoms with Gasteiger partial charge in [-0.25, -0.2) is 4.68 Å². The monoisotopic (exact) mass is 1440 g/mol. The molecule has 1 heterocycles. The lowest BCUT2D eigenvalue weighted by atomic mass is 9.98. The zero-order valence-electron chi connectivity index (χ0n) is 56.8. The van der Waals surface area contributed by atoms with E-state index >= 15 is 0 Å². The summed E-state index contributed by atoms with van der Waals surface area (Å²) in [7, 11) is -5.07. The first-order chi connectivity index (χ1) is 46.4. The van der Waals surface area contributed by atoms with Gasteiger partial charge < -0.3 is 120 Å². The highest BCUT2D eigenvalue weighted by Gasteiger charge is 2.37. The van der Waals surface area contributed by atoms with Crippen molar-refractivity contribution in [3.8, 4) is 0 Å². The van der Waals surface area contributed by atoms with E-state index < -0.39 is 163 Å². The number of unbranched alkanes of at least 4 members (excludes halogenated alkanes) is 2. The van der Waals surface area contributed by atoms with E-state index in [2.05, 4.69) is 96.4 Å². The van der Waals surface area contributed by atoms with Gasteiger partial charge in [-0.3, -0.25) is 77.1 Å². The van der Waals surface area contributed by atoms with Gasteiger partial charge in [0.05, 0.1) is 19.3 Å². The molecule has 560 valence electrons. The number of hydrogen-bond acceptors (Lipinski definition) is 21. The second-order valence-corrected chi connectivity index (χ2v) is 25.8. The van der Waals surface area contributed by atoms with E-state index in [4.69, 9.17) is 51.6 Å². The Kier molecular flexibility index (Phi) is 41.2. The van der Waals surface area contributed by atoms with Crippen LogP contribution >= 0.6 is 20.2 Å². The van der Waals surface area contributed by atoms with E-state index in [9.17, 15) is 71.9 Å². The molecule has 0 unspecified atom stereocenters. The highest BCUT2D eigenvalue weighted by Crippen LogP contribution is 2.31. The van der Waals surface area contributed by atoms with Gasteiger partial charge in [-0.2, -0.15) is 12.6 Å². The molecular weight excluding hydrogens is 1340 g/mol.